The molecule has 30 heavy (non-hydrogen) atoms. The van der Waals surface area contributed by atoms with Crippen LogP contribution in [0.3, 0.4) is 0 Å². The molecule has 1 aliphatic heterocycles. The van der Waals surface area contributed by atoms with Crippen LogP contribution in [0.4, 0.5) is 0 Å². The van der Waals surface area contributed by atoms with Crippen LogP contribution in [-0.4, -0.2) is 18.9 Å². The van der Waals surface area contributed by atoms with E-state index in [9.17, 15) is 4.79 Å². The van der Waals surface area contributed by atoms with Crippen molar-refractivity contribution in [3.05, 3.63) is 88.4 Å². The molecule has 1 amide bonds. The average Bonchev–Trinajstić information content (AvgIpc) is 3.22. The zero-order valence-electron chi connectivity index (χ0n) is 16.0. The van der Waals surface area contributed by atoms with E-state index in [1.807, 2.05) is 54.6 Å². The van der Waals surface area contributed by atoms with E-state index in [0.29, 0.717) is 23.1 Å². The number of benzene rings is 3. The van der Waals surface area contributed by atoms with Crippen LogP contribution < -0.4 is 19.6 Å². The first kappa shape index (κ1) is 19.8. The Kier molecular flexibility index (Phi) is 6.15. The van der Waals surface area contributed by atoms with Crippen molar-refractivity contribution in [3.63, 3.8) is 0 Å². The van der Waals surface area contributed by atoms with Crippen LogP contribution >= 0.6 is 11.6 Å². The molecule has 6 nitrogen and oxygen atoms in total. The Morgan fingerprint density at radius 3 is 2.70 bits per heavy atom. The number of rotatable bonds is 7. The zero-order chi connectivity index (χ0) is 20.8. The minimum Gasteiger partial charge on any atom is -0.489 e. The van der Waals surface area contributed by atoms with Crippen LogP contribution in [0.25, 0.3) is 0 Å². The SMILES string of the molecule is O=C(Cc1ccc2c(c1)OCO2)N/N=C\c1ccc(OCc2ccccc2Cl)cc1. The molecule has 0 radical (unpaired) electrons. The smallest absolute Gasteiger partial charge is 0.244 e. The topological polar surface area (TPSA) is 69.2 Å². The van der Waals surface area contributed by atoms with Crippen LogP contribution in [-0.2, 0) is 17.8 Å². The fourth-order valence-electron chi connectivity index (χ4n) is 2.88. The molecular weight excluding hydrogens is 404 g/mol. The highest BCUT2D eigenvalue weighted by molar-refractivity contribution is 6.31. The molecule has 0 spiro atoms. The van der Waals surface area contributed by atoms with Crippen molar-refractivity contribution >= 4 is 23.7 Å². The second kappa shape index (κ2) is 9.33. The molecule has 152 valence electrons. The summed E-state index contributed by atoms with van der Waals surface area (Å²) in [4.78, 5) is 12.1. The molecule has 3 aromatic carbocycles. The Hall–Kier alpha value is -3.51. The van der Waals surface area contributed by atoms with Crippen LogP contribution in [0.5, 0.6) is 17.2 Å². The van der Waals surface area contributed by atoms with E-state index in [1.165, 1.54) is 0 Å². The molecule has 3 aromatic rings. The molecule has 0 unspecified atom stereocenters. The number of fused-ring (bicyclic) bond motifs is 1. The fraction of sp³-hybridized carbons (Fsp3) is 0.130. The molecule has 0 fully saturated rings. The highest BCUT2D eigenvalue weighted by atomic mass is 35.5. The van der Waals surface area contributed by atoms with Gasteiger partial charge in [-0.15, -0.1) is 0 Å². The largest absolute Gasteiger partial charge is 0.489 e. The molecule has 1 heterocycles. The number of carbonyl (C=O) groups excluding carboxylic acids is 1. The molecule has 1 aliphatic rings. The summed E-state index contributed by atoms with van der Waals surface area (Å²) in [6.45, 7) is 0.599. The monoisotopic (exact) mass is 422 g/mol. The molecule has 0 atom stereocenters. The van der Waals surface area contributed by atoms with Gasteiger partial charge in [0, 0.05) is 10.6 Å². The summed E-state index contributed by atoms with van der Waals surface area (Å²) < 4.78 is 16.3. The molecule has 0 saturated carbocycles. The van der Waals surface area contributed by atoms with Gasteiger partial charge in [0.05, 0.1) is 12.6 Å². The molecule has 7 heteroatoms. The van der Waals surface area contributed by atoms with E-state index in [-0.39, 0.29) is 19.1 Å². The first-order chi connectivity index (χ1) is 14.7. The number of halogens is 1. The fourth-order valence-corrected chi connectivity index (χ4v) is 3.07. The molecule has 1 N–H and O–H groups in total. The van der Waals surface area contributed by atoms with Gasteiger partial charge in [0.25, 0.3) is 0 Å². The Labute approximate surface area is 179 Å². The predicted octanol–water partition coefficient (Wildman–Crippen LogP) is 4.34. The number of ether oxygens (including phenoxy) is 3. The van der Waals surface area contributed by atoms with E-state index in [0.717, 1.165) is 22.4 Å². The van der Waals surface area contributed by atoms with E-state index in [2.05, 4.69) is 10.5 Å². The van der Waals surface area contributed by atoms with Gasteiger partial charge in [-0.2, -0.15) is 5.10 Å². The van der Waals surface area contributed by atoms with Crippen LogP contribution in [0.1, 0.15) is 16.7 Å². The maximum absolute atomic E-state index is 12.1. The van der Waals surface area contributed by atoms with Crippen LogP contribution in [0.15, 0.2) is 71.8 Å². The zero-order valence-corrected chi connectivity index (χ0v) is 16.8. The third-order valence-electron chi connectivity index (χ3n) is 4.44. The summed E-state index contributed by atoms with van der Waals surface area (Å²) in [5.74, 6) is 1.85. The van der Waals surface area contributed by atoms with Gasteiger partial charge in [-0.3, -0.25) is 4.79 Å². The molecule has 0 saturated heterocycles. The number of nitrogens with zero attached hydrogens (tertiary/aromatic N) is 1. The lowest BCUT2D eigenvalue weighted by Gasteiger charge is -2.07. The van der Waals surface area contributed by atoms with Crippen molar-refractivity contribution in [1.82, 2.24) is 5.43 Å². The lowest BCUT2D eigenvalue weighted by Crippen LogP contribution is -2.19. The van der Waals surface area contributed by atoms with Gasteiger partial charge in [0.2, 0.25) is 12.7 Å². The maximum Gasteiger partial charge on any atom is 0.244 e. The highest BCUT2D eigenvalue weighted by Gasteiger charge is 2.14. The van der Waals surface area contributed by atoms with E-state index >= 15 is 0 Å². The molecule has 4 rings (SSSR count). The van der Waals surface area contributed by atoms with Gasteiger partial charge in [-0.05, 0) is 53.6 Å². The van der Waals surface area contributed by atoms with Crippen LogP contribution in [0.2, 0.25) is 5.02 Å². The predicted molar refractivity (Wildman–Crippen MR) is 114 cm³/mol. The second-order valence-corrected chi connectivity index (χ2v) is 7.01. The molecule has 0 bridgehead atoms. The van der Waals surface area contributed by atoms with Gasteiger partial charge in [-0.25, -0.2) is 5.43 Å². The first-order valence-corrected chi connectivity index (χ1v) is 9.72. The Bertz CT molecular complexity index is 1070. The van der Waals surface area contributed by atoms with E-state index in [4.69, 9.17) is 25.8 Å². The number of hydrazone groups is 1. The van der Waals surface area contributed by atoms with Gasteiger partial charge >= 0.3 is 0 Å². The van der Waals surface area contributed by atoms with E-state index in [1.54, 1.807) is 18.3 Å². The standard InChI is InChI=1S/C23H19ClN2O4/c24-20-4-2-1-3-18(20)14-28-19-8-5-16(6-9-19)13-25-26-23(27)12-17-7-10-21-22(11-17)30-15-29-21/h1-11,13H,12,14-15H2,(H,26,27)/b25-13-. The van der Waals surface area contributed by atoms with Crippen LogP contribution in [0, 0.1) is 0 Å². The summed E-state index contributed by atoms with van der Waals surface area (Å²) in [6.07, 6.45) is 1.78. The Balaban J connectivity index is 1.26. The third-order valence-corrected chi connectivity index (χ3v) is 4.81. The first-order valence-electron chi connectivity index (χ1n) is 9.34. The van der Waals surface area contributed by atoms with Crippen molar-refractivity contribution in [2.24, 2.45) is 5.10 Å². The van der Waals surface area contributed by atoms with Crippen molar-refractivity contribution in [2.75, 3.05) is 6.79 Å². The van der Waals surface area contributed by atoms with Gasteiger partial charge in [0.1, 0.15) is 12.4 Å². The minimum absolute atomic E-state index is 0.197. The Morgan fingerprint density at radius 2 is 1.87 bits per heavy atom. The molecule has 0 aromatic heterocycles. The number of amides is 1. The number of nitrogens with one attached hydrogen (secondary N) is 1. The van der Waals surface area contributed by atoms with Gasteiger partial charge in [-0.1, -0.05) is 35.9 Å². The number of hydrogen-bond donors (Lipinski definition) is 1. The Morgan fingerprint density at radius 1 is 1.07 bits per heavy atom. The average molecular weight is 423 g/mol. The number of carbonyl (C=O) groups is 1. The second-order valence-electron chi connectivity index (χ2n) is 6.61. The lowest BCUT2D eigenvalue weighted by molar-refractivity contribution is -0.120. The summed E-state index contributed by atoms with van der Waals surface area (Å²) >= 11 is 6.13. The molecular formula is C23H19ClN2O4. The summed E-state index contributed by atoms with van der Waals surface area (Å²) in [5.41, 5.74) is 5.12. The summed E-state index contributed by atoms with van der Waals surface area (Å²) in [6, 6.07) is 20.4. The minimum atomic E-state index is -0.218. The molecule has 0 aliphatic carbocycles. The summed E-state index contributed by atoms with van der Waals surface area (Å²) in [7, 11) is 0. The lowest BCUT2D eigenvalue weighted by atomic mass is 10.1. The maximum atomic E-state index is 12.1. The highest BCUT2D eigenvalue weighted by Crippen LogP contribution is 2.32. The van der Waals surface area contributed by atoms with Crippen molar-refractivity contribution in [3.8, 4) is 17.2 Å². The van der Waals surface area contributed by atoms with Gasteiger partial charge in [0.15, 0.2) is 11.5 Å². The van der Waals surface area contributed by atoms with Crippen molar-refractivity contribution < 1.29 is 19.0 Å². The normalized spacial score (nSPS) is 12.2. The van der Waals surface area contributed by atoms with Gasteiger partial charge < -0.3 is 14.2 Å². The third kappa shape index (κ3) is 5.10. The quantitative estimate of drug-likeness (QED) is 0.454. The van der Waals surface area contributed by atoms with E-state index < -0.39 is 0 Å². The summed E-state index contributed by atoms with van der Waals surface area (Å²) in [5, 5.41) is 4.68. The number of hydrogen-bond acceptors (Lipinski definition) is 5. The van der Waals surface area contributed by atoms with Crippen molar-refractivity contribution in [1.29, 1.82) is 0 Å². The van der Waals surface area contributed by atoms with Crippen molar-refractivity contribution in [2.45, 2.75) is 13.0 Å².